The summed E-state index contributed by atoms with van der Waals surface area (Å²) in [5, 5.41) is 47.4. The number of nitrogens with one attached hydrogen (secondary N) is 1. The lowest BCUT2D eigenvalue weighted by Gasteiger charge is -2.50. The molecule has 1 fully saturated rings. The van der Waals surface area contributed by atoms with Crippen LogP contribution in [0, 0.1) is 11.8 Å². The van der Waals surface area contributed by atoms with E-state index >= 15 is 0 Å². The van der Waals surface area contributed by atoms with Gasteiger partial charge in [-0.1, -0.05) is 0 Å². The highest BCUT2D eigenvalue weighted by molar-refractivity contribution is 6.24. The lowest BCUT2D eigenvalue weighted by molar-refractivity contribution is -0.153. The fourth-order valence-electron chi connectivity index (χ4n) is 5.98. The highest BCUT2D eigenvalue weighted by atomic mass is 16.3. The number of primary amides is 1. The second-order valence-electron chi connectivity index (χ2n) is 10.2. The number of hydrogen-bond donors (Lipinski definition) is 6. The van der Waals surface area contributed by atoms with Crippen LogP contribution in [-0.4, -0.2) is 88.5 Å². The number of amides is 2. The van der Waals surface area contributed by atoms with Crippen molar-refractivity contribution in [3.05, 3.63) is 34.1 Å². The summed E-state index contributed by atoms with van der Waals surface area (Å²) in [5.74, 6) is -7.74. The van der Waals surface area contributed by atoms with Crippen LogP contribution in [0.1, 0.15) is 24.5 Å². The van der Waals surface area contributed by atoms with E-state index in [1.165, 1.54) is 11.8 Å². The maximum absolute atomic E-state index is 13.9. The topological polar surface area (TPSA) is 194 Å². The number of rotatable bonds is 4. The molecule has 12 nitrogen and oxygen atoms in total. The Bertz CT molecular complexity index is 1330. The third kappa shape index (κ3) is 3.58. The van der Waals surface area contributed by atoms with E-state index < -0.39 is 69.7 Å². The molecule has 198 valence electrons. The van der Waals surface area contributed by atoms with Gasteiger partial charge >= 0.3 is 0 Å². The quantitative estimate of drug-likeness (QED) is 0.235. The SMILES string of the molecule is CC(=O)Nc1cc(N(C)C)c2c(c1O)C(O)=C1C(=O)[C@]3(O)C(O)=C(C(N)=O)C(=O)[C@@H](N(C)C)C3CC1C2. The van der Waals surface area contributed by atoms with Crippen molar-refractivity contribution in [2.24, 2.45) is 17.6 Å². The Morgan fingerprint density at radius 1 is 1.14 bits per heavy atom. The highest BCUT2D eigenvalue weighted by Gasteiger charge is 2.64. The number of aliphatic hydroxyl groups excluding tert-OH is 2. The molecule has 0 aromatic heterocycles. The van der Waals surface area contributed by atoms with Crippen LogP contribution in [0.2, 0.25) is 0 Å². The number of Topliss-reactive ketones (excluding diaryl/α,β-unsaturated/α-hetero) is 2. The predicted molar refractivity (Wildman–Crippen MR) is 133 cm³/mol. The molecule has 1 aromatic rings. The Balaban J connectivity index is 2.01. The van der Waals surface area contributed by atoms with Crippen molar-refractivity contribution >= 4 is 40.5 Å². The van der Waals surface area contributed by atoms with Crippen molar-refractivity contribution in [1.82, 2.24) is 4.90 Å². The fourth-order valence-corrected chi connectivity index (χ4v) is 5.98. The molecule has 2 amide bonds. The first-order chi connectivity index (χ1) is 17.1. The molecule has 4 atom stereocenters. The summed E-state index contributed by atoms with van der Waals surface area (Å²) in [6, 6.07) is 0.399. The molecule has 37 heavy (non-hydrogen) atoms. The molecule has 0 spiro atoms. The third-order valence-electron chi connectivity index (χ3n) is 7.49. The molecule has 4 rings (SSSR count). The third-order valence-corrected chi connectivity index (χ3v) is 7.49. The highest BCUT2D eigenvalue weighted by Crippen LogP contribution is 2.54. The fraction of sp³-hybridized carbons (Fsp3) is 0.440. The van der Waals surface area contributed by atoms with E-state index in [1.54, 1.807) is 39.2 Å². The van der Waals surface area contributed by atoms with Crippen LogP contribution in [0.5, 0.6) is 5.75 Å². The van der Waals surface area contributed by atoms with Crippen LogP contribution < -0.4 is 16.0 Å². The normalized spacial score (nSPS) is 27.1. The summed E-state index contributed by atoms with van der Waals surface area (Å²) in [6.07, 6.45) is 0.142. The number of nitrogens with zero attached hydrogens (tertiary/aromatic N) is 2. The van der Waals surface area contributed by atoms with Gasteiger partial charge in [0.2, 0.25) is 11.7 Å². The van der Waals surface area contributed by atoms with Crippen molar-refractivity contribution in [2.75, 3.05) is 38.4 Å². The molecule has 2 unspecified atom stereocenters. The van der Waals surface area contributed by atoms with E-state index in [0.29, 0.717) is 11.3 Å². The lowest BCUT2D eigenvalue weighted by atomic mass is 9.57. The maximum Gasteiger partial charge on any atom is 0.255 e. The maximum atomic E-state index is 13.9. The number of phenolic OH excluding ortho intramolecular Hbond substituents is 1. The van der Waals surface area contributed by atoms with Crippen molar-refractivity contribution in [1.29, 1.82) is 0 Å². The minimum atomic E-state index is -2.71. The first-order valence-electron chi connectivity index (χ1n) is 11.6. The average Bonchev–Trinajstić information content (AvgIpc) is 2.77. The summed E-state index contributed by atoms with van der Waals surface area (Å²) in [6.45, 7) is 1.25. The lowest BCUT2D eigenvalue weighted by Crippen LogP contribution is -2.65. The molecule has 3 aliphatic carbocycles. The zero-order valence-corrected chi connectivity index (χ0v) is 21.1. The molecule has 0 radical (unpaired) electrons. The van der Waals surface area contributed by atoms with Gasteiger partial charge in [-0.15, -0.1) is 0 Å². The van der Waals surface area contributed by atoms with Crippen molar-refractivity contribution in [2.45, 2.75) is 31.4 Å². The van der Waals surface area contributed by atoms with Gasteiger partial charge in [-0.05, 0) is 44.5 Å². The van der Waals surface area contributed by atoms with Crippen LogP contribution in [-0.2, 0) is 25.6 Å². The molecule has 1 aromatic carbocycles. The minimum Gasteiger partial charge on any atom is -0.508 e. The second-order valence-corrected chi connectivity index (χ2v) is 10.2. The van der Waals surface area contributed by atoms with E-state index in [1.807, 2.05) is 0 Å². The van der Waals surface area contributed by atoms with Gasteiger partial charge in [0.25, 0.3) is 5.91 Å². The molecule has 3 aliphatic rings. The molecule has 0 saturated heterocycles. The Kier molecular flexibility index (Phi) is 6.08. The number of anilines is 2. The number of likely N-dealkylation sites (N-methyl/N-ethyl adjacent to an activating group) is 1. The zero-order valence-electron chi connectivity index (χ0n) is 21.1. The van der Waals surface area contributed by atoms with Crippen LogP contribution >= 0.6 is 0 Å². The van der Waals surface area contributed by atoms with Gasteiger partial charge in [-0.3, -0.25) is 24.1 Å². The number of hydrogen-bond acceptors (Lipinski definition) is 10. The summed E-state index contributed by atoms with van der Waals surface area (Å²) < 4.78 is 0. The molecular weight excluding hydrogens is 484 g/mol. The van der Waals surface area contributed by atoms with Crippen molar-refractivity contribution in [3.63, 3.8) is 0 Å². The van der Waals surface area contributed by atoms with Crippen LogP contribution in [0.4, 0.5) is 11.4 Å². The summed E-state index contributed by atoms with van der Waals surface area (Å²) >= 11 is 0. The van der Waals surface area contributed by atoms with E-state index in [9.17, 15) is 39.6 Å². The van der Waals surface area contributed by atoms with Gasteiger partial charge in [0.15, 0.2) is 11.4 Å². The second kappa shape index (κ2) is 8.60. The van der Waals surface area contributed by atoms with Gasteiger partial charge in [-0.2, -0.15) is 0 Å². The number of carbonyl (C=O) groups is 4. The largest absolute Gasteiger partial charge is 0.508 e. The van der Waals surface area contributed by atoms with Gasteiger partial charge in [0.1, 0.15) is 22.8 Å². The molecule has 12 heteroatoms. The van der Waals surface area contributed by atoms with E-state index in [2.05, 4.69) is 5.32 Å². The number of ketones is 2. The minimum absolute atomic E-state index is 0.00710. The van der Waals surface area contributed by atoms with Gasteiger partial charge in [0, 0.05) is 38.2 Å². The summed E-state index contributed by atoms with van der Waals surface area (Å²) in [5.41, 5.74) is 2.48. The number of aromatic hydroxyl groups is 1. The van der Waals surface area contributed by atoms with Crippen LogP contribution in [0.15, 0.2) is 23.0 Å². The number of benzene rings is 1. The number of carbonyl (C=O) groups excluding carboxylic acids is 4. The van der Waals surface area contributed by atoms with Crippen LogP contribution in [0.3, 0.4) is 0 Å². The monoisotopic (exact) mass is 514 g/mol. The number of phenols is 1. The summed E-state index contributed by atoms with van der Waals surface area (Å²) in [7, 11) is 6.56. The smallest absolute Gasteiger partial charge is 0.255 e. The number of aliphatic hydroxyl groups is 3. The predicted octanol–water partition coefficient (Wildman–Crippen LogP) is -0.0116. The van der Waals surface area contributed by atoms with E-state index in [4.69, 9.17) is 5.73 Å². The van der Waals surface area contributed by atoms with E-state index in [0.717, 1.165) is 0 Å². The number of fused-ring (bicyclic) bond motifs is 3. The van der Waals surface area contributed by atoms with Gasteiger partial charge in [0.05, 0.1) is 17.3 Å². The van der Waals surface area contributed by atoms with Crippen LogP contribution in [0.25, 0.3) is 5.76 Å². The Morgan fingerprint density at radius 2 is 1.76 bits per heavy atom. The molecule has 0 aliphatic heterocycles. The molecule has 7 N–H and O–H groups in total. The Hall–Kier alpha value is -3.90. The number of nitrogens with two attached hydrogens (primary N) is 1. The Morgan fingerprint density at radius 3 is 2.27 bits per heavy atom. The average molecular weight is 515 g/mol. The first kappa shape index (κ1) is 26.2. The molecular formula is C25H30N4O8. The molecule has 0 heterocycles. The van der Waals surface area contributed by atoms with Gasteiger partial charge in [-0.25, -0.2) is 0 Å². The first-order valence-corrected chi connectivity index (χ1v) is 11.6. The Labute approximate surface area is 212 Å². The van der Waals surface area contributed by atoms with E-state index in [-0.39, 0.29) is 29.7 Å². The van der Waals surface area contributed by atoms with Gasteiger partial charge < -0.3 is 36.4 Å². The molecule has 1 saturated carbocycles. The zero-order chi connectivity index (χ0) is 27.7. The van der Waals surface area contributed by atoms with Crippen molar-refractivity contribution < 1.29 is 39.6 Å². The standard InChI is InChI=1S/C25H30N4O8/c1-9(30)27-13-8-14(28(2)3)11-6-10-7-12-18(29(4)5)21(33)17(24(26)36)23(35)25(12,37)22(34)15(10)20(32)16(11)19(13)31/h8,10,12,18,31-32,35,37H,6-7H2,1-5H3,(H2,26,36)(H,27,30)/t10?,12?,18-,25-/m0/s1. The summed E-state index contributed by atoms with van der Waals surface area (Å²) in [4.78, 5) is 54.0. The van der Waals surface area contributed by atoms with Crippen molar-refractivity contribution in [3.8, 4) is 5.75 Å². The molecule has 0 bridgehead atoms.